The van der Waals surface area contributed by atoms with E-state index in [-0.39, 0.29) is 23.5 Å². The van der Waals surface area contributed by atoms with E-state index in [1.165, 1.54) is 0 Å². The fraction of sp³-hybridized carbons (Fsp3) is 0.533. The van der Waals surface area contributed by atoms with Crippen LogP contribution in [-0.4, -0.2) is 40.1 Å². The number of carbonyl (C=O) groups excluding carboxylic acids is 1. The zero-order chi connectivity index (χ0) is 16.3. The van der Waals surface area contributed by atoms with Crippen molar-refractivity contribution in [1.29, 1.82) is 0 Å². The van der Waals surface area contributed by atoms with Crippen LogP contribution in [-0.2, 0) is 14.6 Å². The smallest absolute Gasteiger partial charge is 0.224 e. The van der Waals surface area contributed by atoms with Gasteiger partial charge < -0.3 is 14.8 Å². The molecule has 1 aliphatic heterocycles. The third kappa shape index (κ3) is 3.71. The van der Waals surface area contributed by atoms with Gasteiger partial charge in [-0.3, -0.25) is 4.79 Å². The second kappa shape index (κ2) is 6.56. The summed E-state index contributed by atoms with van der Waals surface area (Å²) in [6.45, 7) is 1.84. The molecule has 1 heterocycles. The number of nitrogens with one attached hydrogen (secondary N) is 1. The summed E-state index contributed by atoms with van der Waals surface area (Å²) in [5.74, 6) is 0.617. The Morgan fingerprint density at radius 3 is 2.59 bits per heavy atom. The van der Waals surface area contributed by atoms with Crippen molar-refractivity contribution in [1.82, 2.24) is 5.32 Å². The summed E-state index contributed by atoms with van der Waals surface area (Å²) in [5.41, 5.74) is 0.817. The Hall–Kier alpha value is -1.76. The molecule has 1 aliphatic rings. The molecule has 1 aromatic rings. The lowest BCUT2D eigenvalue weighted by Crippen LogP contribution is -2.33. The number of hydrogen-bond acceptors (Lipinski definition) is 5. The van der Waals surface area contributed by atoms with Gasteiger partial charge in [0.15, 0.2) is 9.84 Å². The van der Waals surface area contributed by atoms with Crippen LogP contribution in [0.2, 0.25) is 0 Å². The quantitative estimate of drug-likeness (QED) is 0.882. The molecule has 0 aliphatic carbocycles. The summed E-state index contributed by atoms with van der Waals surface area (Å²) in [5, 5.41) is 2.86. The van der Waals surface area contributed by atoms with Gasteiger partial charge >= 0.3 is 0 Å². The van der Waals surface area contributed by atoms with Gasteiger partial charge in [-0.2, -0.15) is 0 Å². The molecule has 2 atom stereocenters. The number of rotatable bonds is 5. The third-order valence-electron chi connectivity index (χ3n) is 3.87. The van der Waals surface area contributed by atoms with Crippen LogP contribution >= 0.6 is 0 Å². The highest BCUT2D eigenvalue weighted by molar-refractivity contribution is 7.91. The summed E-state index contributed by atoms with van der Waals surface area (Å²) in [4.78, 5) is 12.2. The fourth-order valence-electron chi connectivity index (χ4n) is 2.59. The Labute approximate surface area is 130 Å². The van der Waals surface area contributed by atoms with Gasteiger partial charge in [-0.1, -0.05) is 0 Å². The van der Waals surface area contributed by atoms with E-state index in [2.05, 4.69) is 5.32 Å². The average molecular weight is 327 g/mol. The highest BCUT2D eigenvalue weighted by Gasteiger charge is 2.33. The second-order valence-corrected chi connectivity index (χ2v) is 7.67. The molecule has 1 fully saturated rings. The first-order valence-corrected chi connectivity index (χ1v) is 8.91. The molecule has 0 bridgehead atoms. The van der Waals surface area contributed by atoms with E-state index in [0.29, 0.717) is 17.9 Å². The molecule has 0 aromatic heterocycles. The van der Waals surface area contributed by atoms with Crippen molar-refractivity contribution < 1.29 is 22.7 Å². The highest BCUT2D eigenvalue weighted by atomic mass is 32.2. The number of carbonyl (C=O) groups is 1. The molecule has 0 saturated carbocycles. The van der Waals surface area contributed by atoms with Crippen molar-refractivity contribution >= 4 is 15.7 Å². The van der Waals surface area contributed by atoms with E-state index in [9.17, 15) is 13.2 Å². The second-order valence-electron chi connectivity index (χ2n) is 5.44. The summed E-state index contributed by atoms with van der Waals surface area (Å²) in [6, 6.07) is 5.09. The van der Waals surface area contributed by atoms with Gasteiger partial charge in [0.2, 0.25) is 5.91 Å². The molecular formula is C15H21NO5S. The Morgan fingerprint density at radius 2 is 2.05 bits per heavy atom. The van der Waals surface area contributed by atoms with Crippen LogP contribution < -0.4 is 14.8 Å². The first-order valence-electron chi connectivity index (χ1n) is 7.09. The molecule has 0 spiro atoms. The number of methoxy groups -OCH3 is 2. The van der Waals surface area contributed by atoms with Crippen molar-refractivity contribution in [3.8, 4) is 11.5 Å². The minimum Gasteiger partial charge on any atom is -0.497 e. The van der Waals surface area contributed by atoms with Crippen LogP contribution in [0.15, 0.2) is 18.2 Å². The number of amides is 1. The highest BCUT2D eigenvalue weighted by Crippen LogP contribution is 2.30. The minimum absolute atomic E-state index is 0.0642. The average Bonchev–Trinajstić information content (AvgIpc) is 2.86. The number of benzene rings is 1. The van der Waals surface area contributed by atoms with E-state index in [1.54, 1.807) is 26.4 Å². The summed E-state index contributed by atoms with van der Waals surface area (Å²) >= 11 is 0. The maximum atomic E-state index is 12.2. The molecule has 6 nitrogen and oxygen atoms in total. The van der Waals surface area contributed by atoms with E-state index < -0.39 is 15.8 Å². The summed E-state index contributed by atoms with van der Waals surface area (Å²) < 4.78 is 33.4. The van der Waals surface area contributed by atoms with Crippen LogP contribution in [0.25, 0.3) is 0 Å². The van der Waals surface area contributed by atoms with Crippen LogP contribution in [0.5, 0.6) is 11.5 Å². The molecule has 0 radical (unpaired) electrons. The van der Waals surface area contributed by atoms with Gasteiger partial charge in [-0.15, -0.1) is 0 Å². The Kier molecular flexibility index (Phi) is 4.95. The Balaban J connectivity index is 2.09. The van der Waals surface area contributed by atoms with Crippen molar-refractivity contribution in [2.45, 2.75) is 19.4 Å². The van der Waals surface area contributed by atoms with Crippen molar-refractivity contribution in [2.24, 2.45) is 5.92 Å². The lowest BCUT2D eigenvalue weighted by molar-refractivity contribution is -0.124. The Bertz CT molecular complexity index is 656. The lowest BCUT2D eigenvalue weighted by Gasteiger charge is -2.19. The SMILES string of the molecule is COc1ccc([C@H](C)NC(=O)[C@H]2CCS(=O)(=O)C2)c(OC)c1. The lowest BCUT2D eigenvalue weighted by atomic mass is 10.0. The Morgan fingerprint density at radius 1 is 1.32 bits per heavy atom. The minimum atomic E-state index is -3.06. The van der Waals surface area contributed by atoms with Gasteiger partial charge in [0.1, 0.15) is 11.5 Å². The van der Waals surface area contributed by atoms with E-state index >= 15 is 0 Å². The molecule has 7 heteroatoms. The monoisotopic (exact) mass is 327 g/mol. The molecule has 1 aromatic carbocycles. The standard InChI is InChI=1S/C15H21NO5S/c1-10(13-5-4-12(20-2)8-14(13)21-3)16-15(17)11-6-7-22(18,19)9-11/h4-5,8,10-11H,6-7,9H2,1-3H3,(H,16,17)/t10-,11-/m0/s1. The number of sulfone groups is 1. The van der Waals surface area contributed by atoms with Crippen molar-refractivity contribution in [3.63, 3.8) is 0 Å². The van der Waals surface area contributed by atoms with Gasteiger partial charge in [0, 0.05) is 11.6 Å². The first kappa shape index (κ1) is 16.6. The van der Waals surface area contributed by atoms with E-state index in [4.69, 9.17) is 9.47 Å². The van der Waals surface area contributed by atoms with Crippen LogP contribution in [0.4, 0.5) is 0 Å². The van der Waals surface area contributed by atoms with Gasteiger partial charge in [-0.05, 0) is 25.5 Å². The van der Waals surface area contributed by atoms with Gasteiger partial charge in [0.05, 0.1) is 37.7 Å². The largest absolute Gasteiger partial charge is 0.497 e. The third-order valence-corrected chi connectivity index (χ3v) is 5.64. The van der Waals surface area contributed by atoms with Crippen LogP contribution in [0.1, 0.15) is 24.9 Å². The van der Waals surface area contributed by atoms with Gasteiger partial charge in [-0.25, -0.2) is 8.42 Å². The van der Waals surface area contributed by atoms with Crippen LogP contribution in [0.3, 0.4) is 0 Å². The zero-order valence-electron chi connectivity index (χ0n) is 13.0. The predicted molar refractivity (Wildman–Crippen MR) is 82.9 cm³/mol. The number of hydrogen-bond donors (Lipinski definition) is 1. The van der Waals surface area contributed by atoms with Crippen molar-refractivity contribution in [2.75, 3.05) is 25.7 Å². The maximum Gasteiger partial charge on any atom is 0.224 e. The fourth-order valence-corrected chi connectivity index (χ4v) is 4.33. The zero-order valence-corrected chi connectivity index (χ0v) is 13.8. The molecule has 122 valence electrons. The van der Waals surface area contributed by atoms with E-state index in [1.807, 2.05) is 13.0 Å². The molecule has 2 rings (SSSR count). The molecule has 1 saturated heterocycles. The summed E-state index contributed by atoms with van der Waals surface area (Å²) in [7, 11) is 0.0568. The van der Waals surface area contributed by atoms with Gasteiger partial charge in [0.25, 0.3) is 0 Å². The molecule has 1 amide bonds. The first-order chi connectivity index (χ1) is 10.4. The van der Waals surface area contributed by atoms with Crippen LogP contribution in [0, 0.1) is 5.92 Å². The van der Waals surface area contributed by atoms with E-state index in [0.717, 1.165) is 5.56 Å². The maximum absolute atomic E-state index is 12.2. The molecular weight excluding hydrogens is 306 g/mol. The van der Waals surface area contributed by atoms with Crippen molar-refractivity contribution in [3.05, 3.63) is 23.8 Å². The molecule has 22 heavy (non-hydrogen) atoms. The summed E-state index contributed by atoms with van der Waals surface area (Å²) in [6.07, 6.45) is 0.390. The molecule has 1 N–H and O–H groups in total. The predicted octanol–water partition coefficient (Wildman–Crippen LogP) is 1.32. The molecule has 0 unspecified atom stereocenters. The number of ether oxygens (including phenoxy) is 2. The normalized spacial score (nSPS) is 21.1. The topological polar surface area (TPSA) is 81.7 Å².